The average Bonchev–Trinajstić information content (AvgIpc) is 2.39. The van der Waals surface area contributed by atoms with Gasteiger partial charge in [0, 0.05) is 26.2 Å². The second-order valence-electron chi connectivity index (χ2n) is 4.35. The lowest BCUT2D eigenvalue weighted by Crippen LogP contribution is -2.58. The Labute approximate surface area is 118 Å². The Morgan fingerprint density at radius 2 is 2.10 bits per heavy atom. The number of carbonyl (C=O) groups is 3. The molecular weight excluding hydrogens is 264 g/mol. The van der Waals surface area contributed by atoms with Crippen LogP contribution in [0.2, 0.25) is 0 Å². The minimum Gasteiger partial charge on any atom is -0.465 e. The molecule has 1 rings (SSSR count). The fourth-order valence-corrected chi connectivity index (χ4v) is 1.96. The zero-order valence-corrected chi connectivity index (χ0v) is 11.9. The predicted molar refractivity (Wildman–Crippen MR) is 72.1 cm³/mol. The van der Waals surface area contributed by atoms with Crippen molar-refractivity contribution in [2.24, 2.45) is 0 Å². The zero-order chi connectivity index (χ0) is 15.0. The lowest BCUT2D eigenvalue weighted by molar-refractivity contribution is -0.150. The van der Waals surface area contributed by atoms with Crippen LogP contribution in [0, 0.1) is 0 Å². The largest absolute Gasteiger partial charge is 0.465 e. The average molecular weight is 286 g/mol. The molecule has 0 aromatic carbocycles. The van der Waals surface area contributed by atoms with Gasteiger partial charge in [-0.25, -0.2) is 4.79 Å². The van der Waals surface area contributed by atoms with E-state index in [1.54, 1.807) is 18.7 Å². The predicted octanol–water partition coefficient (Wildman–Crippen LogP) is -1.33. The summed E-state index contributed by atoms with van der Waals surface area (Å²) in [5.41, 5.74) is 0. The van der Waals surface area contributed by atoms with Crippen molar-refractivity contribution in [1.82, 2.24) is 20.9 Å². The molecular formula is C12H22N4O4. The maximum Gasteiger partial charge on any atom is 0.324 e. The number of esters is 1. The second-order valence-corrected chi connectivity index (χ2v) is 4.35. The first-order valence-electron chi connectivity index (χ1n) is 6.77. The van der Waals surface area contributed by atoms with Crippen LogP contribution in [-0.4, -0.2) is 68.2 Å². The molecule has 0 saturated carbocycles. The molecule has 3 amide bonds. The molecule has 0 spiro atoms. The molecule has 0 aliphatic carbocycles. The van der Waals surface area contributed by atoms with Gasteiger partial charge in [0.15, 0.2) is 0 Å². The van der Waals surface area contributed by atoms with Crippen LogP contribution in [0.5, 0.6) is 0 Å². The van der Waals surface area contributed by atoms with Crippen LogP contribution in [0.3, 0.4) is 0 Å². The van der Waals surface area contributed by atoms with E-state index in [4.69, 9.17) is 4.74 Å². The van der Waals surface area contributed by atoms with Crippen LogP contribution in [0.15, 0.2) is 0 Å². The number of hydrogen-bond donors (Lipinski definition) is 3. The lowest BCUT2D eigenvalue weighted by atomic mass is 10.2. The van der Waals surface area contributed by atoms with Gasteiger partial charge in [-0.15, -0.1) is 0 Å². The van der Waals surface area contributed by atoms with Crippen LogP contribution in [0.4, 0.5) is 4.79 Å². The SMILES string of the molecule is CCNC(=O)NC(=O)CN1CCNCC1C(=O)OCC. The Morgan fingerprint density at radius 1 is 1.35 bits per heavy atom. The first-order valence-corrected chi connectivity index (χ1v) is 6.77. The number of amides is 3. The Hall–Kier alpha value is -1.67. The molecule has 114 valence electrons. The third-order valence-electron chi connectivity index (χ3n) is 2.85. The van der Waals surface area contributed by atoms with Crippen LogP contribution in [0.1, 0.15) is 13.8 Å². The molecule has 1 atom stereocenters. The number of nitrogens with one attached hydrogen (secondary N) is 3. The van der Waals surface area contributed by atoms with Gasteiger partial charge in [0.2, 0.25) is 5.91 Å². The van der Waals surface area contributed by atoms with Gasteiger partial charge in [0.05, 0.1) is 13.2 Å². The lowest BCUT2D eigenvalue weighted by Gasteiger charge is -2.33. The van der Waals surface area contributed by atoms with Crippen molar-refractivity contribution in [3.63, 3.8) is 0 Å². The van der Waals surface area contributed by atoms with E-state index in [9.17, 15) is 14.4 Å². The van der Waals surface area contributed by atoms with Gasteiger partial charge < -0.3 is 15.4 Å². The molecule has 3 N–H and O–H groups in total. The van der Waals surface area contributed by atoms with Crippen molar-refractivity contribution in [3.8, 4) is 0 Å². The van der Waals surface area contributed by atoms with E-state index < -0.39 is 18.0 Å². The van der Waals surface area contributed by atoms with Gasteiger partial charge in [-0.05, 0) is 13.8 Å². The molecule has 8 heteroatoms. The van der Waals surface area contributed by atoms with E-state index in [0.717, 1.165) is 0 Å². The summed E-state index contributed by atoms with van der Waals surface area (Å²) in [5, 5.41) is 7.78. The Bertz CT molecular complexity index is 361. The summed E-state index contributed by atoms with van der Waals surface area (Å²) in [7, 11) is 0. The summed E-state index contributed by atoms with van der Waals surface area (Å²) in [4.78, 5) is 36.5. The van der Waals surface area contributed by atoms with E-state index in [1.165, 1.54) is 0 Å². The quantitative estimate of drug-likeness (QED) is 0.542. The number of hydrogen-bond acceptors (Lipinski definition) is 6. The third kappa shape index (κ3) is 5.14. The summed E-state index contributed by atoms with van der Waals surface area (Å²) < 4.78 is 4.98. The minimum atomic E-state index is -0.527. The summed E-state index contributed by atoms with van der Waals surface area (Å²) in [6, 6.07) is -1.02. The van der Waals surface area contributed by atoms with Crippen molar-refractivity contribution >= 4 is 17.9 Å². The van der Waals surface area contributed by atoms with Gasteiger partial charge in [-0.3, -0.25) is 19.8 Å². The first kappa shape index (κ1) is 16.4. The fraction of sp³-hybridized carbons (Fsp3) is 0.750. The third-order valence-corrected chi connectivity index (χ3v) is 2.85. The number of rotatable bonds is 5. The monoisotopic (exact) mass is 286 g/mol. The Kier molecular flexibility index (Phi) is 6.96. The highest BCUT2D eigenvalue weighted by Gasteiger charge is 2.31. The summed E-state index contributed by atoms with van der Waals surface area (Å²) >= 11 is 0. The Morgan fingerprint density at radius 3 is 2.75 bits per heavy atom. The second kappa shape index (κ2) is 8.49. The van der Waals surface area contributed by atoms with Crippen molar-refractivity contribution < 1.29 is 19.1 Å². The number of imide groups is 1. The molecule has 8 nitrogen and oxygen atoms in total. The van der Waals surface area contributed by atoms with E-state index in [0.29, 0.717) is 32.8 Å². The van der Waals surface area contributed by atoms with Gasteiger partial charge in [-0.1, -0.05) is 0 Å². The van der Waals surface area contributed by atoms with Crippen LogP contribution >= 0.6 is 0 Å². The number of carbonyl (C=O) groups excluding carboxylic acids is 3. The van der Waals surface area contributed by atoms with Crippen molar-refractivity contribution in [1.29, 1.82) is 0 Å². The Balaban J connectivity index is 2.51. The van der Waals surface area contributed by atoms with E-state index in [2.05, 4.69) is 16.0 Å². The van der Waals surface area contributed by atoms with Crippen molar-refractivity contribution in [2.75, 3.05) is 39.3 Å². The topological polar surface area (TPSA) is 99.8 Å². The molecule has 20 heavy (non-hydrogen) atoms. The number of urea groups is 1. The van der Waals surface area contributed by atoms with Crippen LogP contribution < -0.4 is 16.0 Å². The summed E-state index contributed by atoms with van der Waals surface area (Å²) in [6.45, 7) is 5.90. The molecule has 1 aliphatic heterocycles. The van der Waals surface area contributed by atoms with Gasteiger partial charge in [0.25, 0.3) is 0 Å². The van der Waals surface area contributed by atoms with Gasteiger partial charge in [0.1, 0.15) is 6.04 Å². The zero-order valence-electron chi connectivity index (χ0n) is 11.9. The normalized spacial score (nSPS) is 19.2. The van der Waals surface area contributed by atoms with Crippen molar-refractivity contribution in [3.05, 3.63) is 0 Å². The highest BCUT2D eigenvalue weighted by atomic mass is 16.5. The number of ether oxygens (including phenoxy) is 1. The highest BCUT2D eigenvalue weighted by molar-refractivity contribution is 5.95. The van der Waals surface area contributed by atoms with E-state index in [-0.39, 0.29) is 12.5 Å². The summed E-state index contributed by atoms with van der Waals surface area (Å²) in [5.74, 6) is -0.794. The fourth-order valence-electron chi connectivity index (χ4n) is 1.96. The molecule has 1 aliphatic rings. The number of piperazine rings is 1. The molecule has 1 unspecified atom stereocenters. The van der Waals surface area contributed by atoms with Gasteiger partial charge >= 0.3 is 12.0 Å². The molecule has 1 saturated heterocycles. The molecule has 0 aromatic heterocycles. The maximum atomic E-state index is 11.8. The van der Waals surface area contributed by atoms with Crippen molar-refractivity contribution in [2.45, 2.75) is 19.9 Å². The first-order chi connectivity index (χ1) is 9.58. The van der Waals surface area contributed by atoms with E-state index in [1.807, 2.05) is 0 Å². The standard InChI is InChI=1S/C12H22N4O4/c1-3-14-12(19)15-10(17)8-16-6-5-13-7-9(16)11(18)20-4-2/h9,13H,3-8H2,1-2H3,(H2,14,15,17,19). The molecule has 0 radical (unpaired) electrons. The van der Waals surface area contributed by atoms with Crippen LogP contribution in [-0.2, 0) is 14.3 Å². The van der Waals surface area contributed by atoms with Gasteiger partial charge in [-0.2, -0.15) is 0 Å². The highest BCUT2D eigenvalue weighted by Crippen LogP contribution is 2.05. The van der Waals surface area contributed by atoms with Crippen LogP contribution in [0.25, 0.3) is 0 Å². The van der Waals surface area contributed by atoms with E-state index >= 15 is 0 Å². The number of nitrogens with zero attached hydrogens (tertiary/aromatic N) is 1. The molecule has 0 aromatic rings. The summed E-state index contributed by atoms with van der Waals surface area (Å²) in [6.07, 6.45) is 0. The minimum absolute atomic E-state index is 0.0116. The molecule has 0 bridgehead atoms. The molecule has 1 fully saturated rings. The molecule has 1 heterocycles. The maximum absolute atomic E-state index is 11.8. The smallest absolute Gasteiger partial charge is 0.324 e.